The van der Waals surface area contributed by atoms with Crippen molar-refractivity contribution in [3.8, 4) is 10.4 Å². The monoisotopic (exact) mass is 451 g/mol. The summed E-state index contributed by atoms with van der Waals surface area (Å²) in [6, 6.07) is 20.2. The molecule has 4 rings (SSSR count). The first kappa shape index (κ1) is 20.5. The van der Waals surface area contributed by atoms with Crippen molar-refractivity contribution in [2.45, 2.75) is 12.5 Å². The Balaban J connectivity index is 1.60. The van der Waals surface area contributed by atoms with Crippen molar-refractivity contribution in [1.82, 2.24) is 4.90 Å². The second-order valence-electron chi connectivity index (χ2n) is 6.70. The molecule has 1 aromatic heterocycles. The van der Waals surface area contributed by atoms with Gasteiger partial charge >= 0.3 is 5.97 Å². The van der Waals surface area contributed by atoms with Gasteiger partial charge < -0.3 is 5.11 Å². The van der Waals surface area contributed by atoms with E-state index in [1.807, 2.05) is 72.1 Å². The smallest absolute Gasteiger partial charge is 0.327 e. The zero-order valence-corrected chi connectivity index (χ0v) is 18.2. The predicted molar refractivity (Wildman–Crippen MR) is 126 cm³/mol. The lowest BCUT2D eigenvalue weighted by molar-refractivity contribution is -0.145. The number of amides is 1. The third-order valence-electron chi connectivity index (χ3n) is 4.68. The minimum atomic E-state index is -1.07. The van der Waals surface area contributed by atoms with E-state index in [4.69, 9.17) is 12.2 Å². The van der Waals surface area contributed by atoms with Crippen molar-refractivity contribution in [2.24, 2.45) is 0 Å². The van der Waals surface area contributed by atoms with Gasteiger partial charge in [0.2, 0.25) is 0 Å². The molecule has 7 heteroatoms. The second-order valence-corrected chi connectivity index (χ2v) is 9.32. The first-order valence-electron chi connectivity index (χ1n) is 9.20. The molecule has 1 amide bonds. The van der Waals surface area contributed by atoms with Crippen molar-refractivity contribution in [3.05, 3.63) is 88.1 Å². The number of benzene rings is 2. The second kappa shape index (κ2) is 8.95. The summed E-state index contributed by atoms with van der Waals surface area (Å²) < 4.78 is 0.268. The minimum Gasteiger partial charge on any atom is -0.480 e. The summed E-state index contributed by atoms with van der Waals surface area (Å²) >= 11 is 8.17. The van der Waals surface area contributed by atoms with Crippen LogP contribution in [0.2, 0.25) is 0 Å². The maximum atomic E-state index is 13.1. The predicted octanol–water partition coefficient (Wildman–Crippen LogP) is 5.31. The van der Waals surface area contributed by atoms with Crippen LogP contribution in [0, 0.1) is 0 Å². The van der Waals surface area contributed by atoms with Gasteiger partial charge in [0.1, 0.15) is 10.4 Å². The maximum absolute atomic E-state index is 13.1. The Labute approximate surface area is 187 Å². The zero-order chi connectivity index (χ0) is 21.1. The minimum absolute atomic E-state index is 0.198. The fraction of sp³-hybridized carbons (Fsp3) is 0.0870. The molecule has 0 radical (unpaired) electrons. The van der Waals surface area contributed by atoms with Crippen LogP contribution in [-0.4, -0.2) is 32.2 Å². The van der Waals surface area contributed by atoms with Crippen LogP contribution in [0.15, 0.2) is 77.0 Å². The molecular formula is C23H17NO3S3. The molecule has 4 nitrogen and oxygen atoms in total. The Morgan fingerprint density at radius 2 is 1.90 bits per heavy atom. The number of carboxylic acids is 1. The highest BCUT2D eigenvalue weighted by Gasteiger charge is 2.40. The van der Waals surface area contributed by atoms with Gasteiger partial charge in [-0.3, -0.25) is 9.69 Å². The summed E-state index contributed by atoms with van der Waals surface area (Å²) in [6.45, 7) is 0. The lowest BCUT2D eigenvalue weighted by Crippen LogP contribution is -2.45. The van der Waals surface area contributed by atoms with Gasteiger partial charge in [0.25, 0.3) is 5.91 Å². The van der Waals surface area contributed by atoms with E-state index in [1.54, 1.807) is 17.4 Å². The normalized spacial score (nSPS) is 16.3. The van der Waals surface area contributed by atoms with Crippen molar-refractivity contribution in [2.75, 3.05) is 0 Å². The van der Waals surface area contributed by atoms with Crippen LogP contribution in [0.3, 0.4) is 0 Å². The Morgan fingerprint density at radius 1 is 1.10 bits per heavy atom. The van der Waals surface area contributed by atoms with Gasteiger partial charge in [-0.1, -0.05) is 78.6 Å². The molecule has 2 aromatic carbocycles. The van der Waals surface area contributed by atoms with Gasteiger partial charge in [0.05, 0.1) is 4.91 Å². The number of aliphatic carboxylic acids is 1. The number of hydrogen-bond acceptors (Lipinski definition) is 5. The lowest BCUT2D eigenvalue weighted by atomic mass is 10.0. The fourth-order valence-corrected chi connectivity index (χ4v) is 5.33. The molecule has 3 aromatic rings. The molecule has 1 aliphatic heterocycles. The molecule has 0 saturated carbocycles. The Bertz CT molecular complexity index is 1120. The van der Waals surface area contributed by atoms with Gasteiger partial charge in [-0.15, -0.1) is 11.3 Å². The van der Waals surface area contributed by atoms with E-state index in [0.717, 1.165) is 33.3 Å². The first-order chi connectivity index (χ1) is 14.5. The third kappa shape index (κ3) is 4.38. The van der Waals surface area contributed by atoms with Gasteiger partial charge in [0, 0.05) is 11.3 Å². The molecule has 1 saturated heterocycles. The largest absolute Gasteiger partial charge is 0.480 e. The van der Waals surface area contributed by atoms with Crippen LogP contribution >= 0.6 is 35.3 Å². The lowest BCUT2D eigenvalue weighted by Gasteiger charge is -2.23. The zero-order valence-electron chi connectivity index (χ0n) is 15.7. The molecule has 0 spiro atoms. The highest BCUT2D eigenvalue weighted by molar-refractivity contribution is 8.26. The average Bonchev–Trinajstić information content (AvgIpc) is 3.36. The van der Waals surface area contributed by atoms with Crippen molar-refractivity contribution >= 4 is 57.6 Å². The fourth-order valence-electron chi connectivity index (χ4n) is 3.25. The maximum Gasteiger partial charge on any atom is 0.327 e. The van der Waals surface area contributed by atoms with E-state index in [-0.39, 0.29) is 16.6 Å². The number of nitrogens with zero attached hydrogens (tertiary/aromatic N) is 1. The number of thiocarbonyl (C=S) groups is 1. The van der Waals surface area contributed by atoms with E-state index in [0.29, 0.717) is 4.91 Å². The van der Waals surface area contributed by atoms with Crippen LogP contribution in [0.5, 0.6) is 0 Å². The Kier molecular flexibility index (Phi) is 6.13. The quantitative estimate of drug-likeness (QED) is 0.406. The number of thiophene rings is 1. The number of carbonyl (C=O) groups excluding carboxylic acids is 1. The highest BCUT2D eigenvalue weighted by atomic mass is 32.2. The standard InChI is InChI=1S/C23H17NO3S3/c25-21-20(14-16-8-4-9-17(12-16)19-10-5-11-29-19)30-23(28)24(21)18(22(26)27)13-15-6-2-1-3-7-15/h1-12,14,18H,13H2,(H,26,27)/b20-14-/t18-/m0/s1. The summed E-state index contributed by atoms with van der Waals surface area (Å²) in [4.78, 5) is 27.8. The molecule has 0 bridgehead atoms. The van der Waals surface area contributed by atoms with Crippen LogP contribution in [0.4, 0.5) is 0 Å². The summed E-state index contributed by atoms with van der Waals surface area (Å²) in [6.07, 6.45) is 1.97. The summed E-state index contributed by atoms with van der Waals surface area (Å²) in [5, 5.41) is 11.8. The molecule has 0 aliphatic carbocycles. The average molecular weight is 452 g/mol. The van der Waals surface area contributed by atoms with Crippen LogP contribution in [0.25, 0.3) is 16.5 Å². The van der Waals surface area contributed by atoms with Crippen LogP contribution in [0.1, 0.15) is 11.1 Å². The number of rotatable bonds is 6. The van der Waals surface area contributed by atoms with Gasteiger partial charge in [-0.25, -0.2) is 4.79 Å². The molecule has 150 valence electrons. The van der Waals surface area contributed by atoms with Gasteiger partial charge in [0.15, 0.2) is 0 Å². The first-order valence-corrected chi connectivity index (χ1v) is 11.3. The number of thioether (sulfide) groups is 1. The summed E-state index contributed by atoms with van der Waals surface area (Å²) in [5.41, 5.74) is 2.78. The topological polar surface area (TPSA) is 57.6 Å². The van der Waals surface area contributed by atoms with E-state index < -0.39 is 12.0 Å². The van der Waals surface area contributed by atoms with Crippen LogP contribution < -0.4 is 0 Å². The molecule has 1 N–H and O–H groups in total. The molecular weight excluding hydrogens is 434 g/mol. The van der Waals surface area contributed by atoms with E-state index in [9.17, 15) is 14.7 Å². The summed E-state index contributed by atoms with van der Waals surface area (Å²) in [7, 11) is 0. The molecule has 0 unspecified atom stereocenters. The van der Waals surface area contributed by atoms with Gasteiger partial charge in [-0.2, -0.15) is 0 Å². The van der Waals surface area contributed by atoms with E-state index >= 15 is 0 Å². The molecule has 1 fully saturated rings. The Hall–Kier alpha value is -2.74. The van der Waals surface area contributed by atoms with Gasteiger partial charge in [-0.05, 0) is 40.3 Å². The molecule has 30 heavy (non-hydrogen) atoms. The van der Waals surface area contributed by atoms with Crippen molar-refractivity contribution < 1.29 is 14.7 Å². The third-order valence-corrected chi connectivity index (χ3v) is 6.93. The molecule has 2 heterocycles. The summed E-state index contributed by atoms with van der Waals surface area (Å²) in [5.74, 6) is -1.44. The number of carboxylic acid groups (broad SMARTS) is 1. The number of hydrogen-bond donors (Lipinski definition) is 1. The number of carbonyl (C=O) groups is 2. The van der Waals surface area contributed by atoms with E-state index in [1.165, 1.54) is 4.90 Å². The Morgan fingerprint density at radius 3 is 2.60 bits per heavy atom. The van der Waals surface area contributed by atoms with Crippen LogP contribution in [-0.2, 0) is 16.0 Å². The van der Waals surface area contributed by atoms with Crippen molar-refractivity contribution in [3.63, 3.8) is 0 Å². The highest BCUT2D eigenvalue weighted by Crippen LogP contribution is 2.35. The SMILES string of the molecule is O=C(O)[C@H](Cc1ccccc1)N1C(=O)/C(=C/c2cccc(-c3cccs3)c2)SC1=S. The van der Waals surface area contributed by atoms with Crippen molar-refractivity contribution in [1.29, 1.82) is 0 Å². The van der Waals surface area contributed by atoms with E-state index in [2.05, 4.69) is 0 Å². The molecule has 1 aliphatic rings. The molecule has 1 atom stereocenters.